The molecule has 0 aromatic heterocycles. The van der Waals surface area contributed by atoms with Crippen LogP contribution >= 0.6 is 11.6 Å². The summed E-state index contributed by atoms with van der Waals surface area (Å²) in [6, 6.07) is 9.40. The van der Waals surface area contributed by atoms with Crippen molar-refractivity contribution in [3.8, 4) is 16.9 Å². The van der Waals surface area contributed by atoms with Gasteiger partial charge in [-0.3, -0.25) is 4.79 Å². The number of halogens is 5. The number of nitrogens with one attached hydrogen (secondary N) is 2. The molecule has 3 rings (SSSR count). The highest BCUT2D eigenvalue weighted by Gasteiger charge is 2.32. The fraction of sp³-hybridized carbons (Fsp3) is 0.316. The molecule has 1 aliphatic rings. The molecule has 150 valence electrons. The number of piperidine rings is 1. The average Bonchev–Trinajstić information content (AvgIpc) is 2.61. The molecule has 0 aliphatic carbocycles. The summed E-state index contributed by atoms with van der Waals surface area (Å²) in [4.78, 5) is 12.3. The number of anilines is 1. The number of rotatable bonds is 4. The van der Waals surface area contributed by atoms with E-state index in [4.69, 9.17) is 11.6 Å². The van der Waals surface area contributed by atoms with E-state index in [1.54, 1.807) is 6.07 Å². The van der Waals surface area contributed by atoms with Crippen molar-refractivity contribution in [3.05, 3.63) is 47.5 Å². The molecule has 0 saturated carbocycles. The van der Waals surface area contributed by atoms with Gasteiger partial charge in [0.2, 0.25) is 5.91 Å². The van der Waals surface area contributed by atoms with Gasteiger partial charge in [-0.25, -0.2) is 4.39 Å². The van der Waals surface area contributed by atoms with E-state index < -0.39 is 24.5 Å². The van der Waals surface area contributed by atoms with Gasteiger partial charge in [0, 0.05) is 23.2 Å². The molecular formula is C19H17ClF4N2O2. The minimum atomic E-state index is -4.84. The minimum absolute atomic E-state index is 0.0831. The van der Waals surface area contributed by atoms with Gasteiger partial charge in [0.15, 0.2) is 0 Å². The molecule has 28 heavy (non-hydrogen) atoms. The van der Waals surface area contributed by atoms with Gasteiger partial charge in [-0.1, -0.05) is 35.9 Å². The SMILES string of the molecule is O=C(Nc1ccc(-c2ccccc2OC(F)(F)F)c(Cl)c1)C1CC(F)CCN1. The first-order valence-corrected chi connectivity index (χ1v) is 8.94. The topological polar surface area (TPSA) is 50.4 Å². The first kappa shape index (κ1) is 20.4. The van der Waals surface area contributed by atoms with E-state index in [0.717, 1.165) is 0 Å². The van der Waals surface area contributed by atoms with E-state index in [0.29, 0.717) is 24.2 Å². The summed E-state index contributed by atoms with van der Waals surface area (Å²) in [5.41, 5.74) is 0.840. The molecule has 2 N–H and O–H groups in total. The van der Waals surface area contributed by atoms with Gasteiger partial charge < -0.3 is 15.4 Å². The van der Waals surface area contributed by atoms with Crippen LogP contribution in [0.4, 0.5) is 23.2 Å². The molecule has 1 saturated heterocycles. The van der Waals surface area contributed by atoms with Crippen molar-refractivity contribution in [2.24, 2.45) is 0 Å². The number of benzene rings is 2. The summed E-state index contributed by atoms with van der Waals surface area (Å²) in [7, 11) is 0. The first-order chi connectivity index (χ1) is 13.2. The number of carbonyl (C=O) groups is 1. The Morgan fingerprint density at radius 2 is 1.93 bits per heavy atom. The molecule has 2 aromatic carbocycles. The average molecular weight is 417 g/mol. The van der Waals surface area contributed by atoms with Crippen LogP contribution in [-0.4, -0.2) is 31.0 Å². The standard InChI is InChI=1S/C19H17ClF4N2O2/c20-15-10-12(26-18(27)16-9-11(21)7-8-25-16)5-6-13(15)14-3-1-2-4-17(14)28-19(22,23)24/h1-6,10-11,16,25H,7-9H2,(H,26,27). The van der Waals surface area contributed by atoms with Crippen LogP contribution in [0.2, 0.25) is 5.02 Å². The van der Waals surface area contributed by atoms with E-state index in [1.807, 2.05) is 0 Å². The zero-order valence-corrected chi connectivity index (χ0v) is 15.3. The molecule has 1 aliphatic heterocycles. The fourth-order valence-electron chi connectivity index (χ4n) is 3.01. The molecule has 1 heterocycles. The Kier molecular flexibility index (Phi) is 6.10. The lowest BCUT2D eigenvalue weighted by molar-refractivity contribution is -0.274. The third kappa shape index (κ3) is 5.14. The van der Waals surface area contributed by atoms with Crippen LogP contribution in [0.3, 0.4) is 0 Å². The van der Waals surface area contributed by atoms with Crippen molar-refractivity contribution in [2.75, 3.05) is 11.9 Å². The third-order valence-electron chi connectivity index (χ3n) is 4.30. The number of ether oxygens (including phenoxy) is 1. The van der Waals surface area contributed by atoms with Crippen LogP contribution in [0, 0.1) is 0 Å². The third-order valence-corrected chi connectivity index (χ3v) is 4.61. The molecule has 9 heteroatoms. The summed E-state index contributed by atoms with van der Waals surface area (Å²) < 4.78 is 55.4. The highest BCUT2D eigenvalue weighted by molar-refractivity contribution is 6.33. The van der Waals surface area contributed by atoms with Crippen LogP contribution in [0.1, 0.15) is 12.8 Å². The van der Waals surface area contributed by atoms with Gasteiger partial charge in [-0.2, -0.15) is 0 Å². The summed E-state index contributed by atoms with van der Waals surface area (Å²) in [6.45, 7) is 0.412. The van der Waals surface area contributed by atoms with Gasteiger partial charge in [0.1, 0.15) is 11.9 Å². The molecule has 2 aromatic rings. The van der Waals surface area contributed by atoms with Crippen LogP contribution in [-0.2, 0) is 4.79 Å². The van der Waals surface area contributed by atoms with Crippen molar-refractivity contribution in [1.82, 2.24) is 5.32 Å². The summed E-state index contributed by atoms with van der Waals surface area (Å²) in [5, 5.41) is 5.72. The maximum Gasteiger partial charge on any atom is 0.573 e. The van der Waals surface area contributed by atoms with E-state index in [-0.39, 0.29) is 22.8 Å². The maximum absolute atomic E-state index is 13.5. The van der Waals surface area contributed by atoms with E-state index in [1.165, 1.54) is 36.4 Å². The molecule has 0 spiro atoms. The molecule has 0 bridgehead atoms. The van der Waals surface area contributed by atoms with E-state index in [2.05, 4.69) is 15.4 Å². The summed E-state index contributed by atoms with van der Waals surface area (Å²) >= 11 is 6.24. The molecule has 0 radical (unpaired) electrons. The smallest absolute Gasteiger partial charge is 0.405 e. The second-order valence-corrected chi connectivity index (χ2v) is 6.76. The molecule has 1 fully saturated rings. The number of amides is 1. The van der Waals surface area contributed by atoms with Crippen molar-refractivity contribution in [1.29, 1.82) is 0 Å². The van der Waals surface area contributed by atoms with Crippen LogP contribution < -0.4 is 15.4 Å². The van der Waals surface area contributed by atoms with Crippen LogP contribution in [0.5, 0.6) is 5.75 Å². The molecular weight excluding hydrogens is 400 g/mol. The van der Waals surface area contributed by atoms with Gasteiger partial charge in [-0.05, 0) is 31.2 Å². The monoisotopic (exact) mass is 416 g/mol. The quantitative estimate of drug-likeness (QED) is 0.694. The zero-order chi connectivity index (χ0) is 20.3. The van der Waals surface area contributed by atoms with Gasteiger partial charge in [0.25, 0.3) is 0 Å². The molecule has 4 nitrogen and oxygen atoms in total. The number of hydrogen-bond acceptors (Lipinski definition) is 3. The highest BCUT2D eigenvalue weighted by Crippen LogP contribution is 2.38. The predicted octanol–water partition coefficient (Wildman–Crippen LogP) is 4.93. The Bertz CT molecular complexity index is 860. The Hall–Kier alpha value is -2.32. The number of hydrogen-bond donors (Lipinski definition) is 2. The van der Waals surface area contributed by atoms with Crippen molar-refractivity contribution in [2.45, 2.75) is 31.4 Å². The molecule has 1 amide bonds. The van der Waals surface area contributed by atoms with Crippen molar-refractivity contribution < 1.29 is 27.1 Å². The number of carbonyl (C=O) groups excluding carboxylic acids is 1. The lowest BCUT2D eigenvalue weighted by Crippen LogP contribution is -2.46. The summed E-state index contributed by atoms with van der Waals surface area (Å²) in [5.74, 6) is -0.777. The lowest BCUT2D eigenvalue weighted by Gasteiger charge is -2.25. The summed E-state index contributed by atoms with van der Waals surface area (Å²) in [6.07, 6.45) is -5.42. The number of alkyl halides is 4. The Balaban J connectivity index is 1.79. The first-order valence-electron chi connectivity index (χ1n) is 8.56. The minimum Gasteiger partial charge on any atom is -0.405 e. The van der Waals surface area contributed by atoms with Crippen LogP contribution in [0.25, 0.3) is 11.1 Å². The van der Waals surface area contributed by atoms with Gasteiger partial charge >= 0.3 is 6.36 Å². The van der Waals surface area contributed by atoms with E-state index >= 15 is 0 Å². The lowest BCUT2D eigenvalue weighted by atomic mass is 10.0. The second-order valence-electron chi connectivity index (χ2n) is 6.36. The largest absolute Gasteiger partial charge is 0.573 e. The number of para-hydroxylation sites is 1. The Morgan fingerprint density at radius 3 is 2.61 bits per heavy atom. The van der Waals surface area contributed by atoms with Gasteiger partial charge in [-0.15, -0.1) is 13.2 Å². The van der Waals surface area contributed by atoms with Gasteiger partial charge in [0.05, 0.1) is 11.1 Å². The van der Waals surface area contributed by atoms with E-state index in [9.17, 15) is 22.4 Å². The van der Waals surface area contributed by atoms with Crippen molar-refractivity contribution >= 4 is 23.2 Å². The normalized spacial score (nSPS) is 19.9. The zero-order valence-electron chi connectivity index (χ0n) is 14.5. The molecule has 2 atom stereocenters. The maximum atomic E-state index is 13.5. The molecule has 2 unspecified atom stereocenters. The Labute approximate surface area is 163 Å². The van der Waals surface area contributed by atoms with Crippen molar-refractivity contribution in [3.63, 3.8) is 0 Å². The predicted molar refractivity (Wildman–Crippen MR) is 98.1 cm³/mol. The highest BCUT2D eigenvalue weighted by atomic mass is 35.5. The fourth-order valence-corrected chi connectivity index (χ4v) is 3.30. The van der Waals surface area contributed by atoms with Crippen LogP contribution in [0.15, 0.2) is 42.5 Å². The Morgan fingerprint density at radius 1 is 1.18 bits per heavy atom. The second kappa shape index (κ2) is 8.36.